The van der Waals surface area contributed by atoms with Gasteiger partial charge in [-0.3, -0.25) is 4.98 Å². The maximum absolute atomic E-state index is 13.8. The van der Waals surface area contributed by atoms with Gasteiger partial charge in [0.05, 0.1) is 24.9 Å². The molecule has 2 aromatic heterocycles. The third-order valence-electron chi connectivity index (χ3n) is 4.25. The van der Waals surface area contributed by atoms with Crippen molar-refractivity contribution in [1.29, 1.82) is 0 Å². The molecular formula is C18H21FN4O2. The number of amides is 2. The number of ether oxygens (including phenoxy) is 1. The van der Waals surface area contributed by atoms with Crippen molar-refractivity contribution in [3.8, 4) is 5.88 Å². The van der Waals surface area contributed by atoms with Crippen LogP contribution < -0.4 is 15.4 Å². The van der Waals surface area contributed by atoms with Crippen molar-refractivity contribution in [3.63, 3.8) is 0 Å². The molecule has 1 aliphatic rings. The summed E-state index contributed by atoms with van der Waals surface area (Å²) in [6, 6.07) is 5.51. The summed E-state index contributed by atoms with van der Waals surface area (Å²) in [5.74, 6) is 0.484. The number of carbonyl (C=O) groups is 1. The number of hydrogen-bond acceptors (Lipinski definition) is 4. The minimum Gasteiger partial charge on any atom is -0.481 e. The molecule has 0 radical (unpaired) electrons. The first kappa shape index (κ1) is 17.1. The minimum atomic E-state index is -0.532. The maximum Gasteiger partial charge on any atom is 0.315 e. The van der Waals surface area contributed by atoms with Gasteiger partial charge in [0, 0.05) is 18.5 Å². The van der Waals surface area contributed by atoms with Crippen LogP contribution in [0, 0.1) is 11.7 Å². The molecular weight excluding hydrogens is 323 g/mol. The molecule has 2 aromatic rings. The molecule has 2 heterocycles. The van der Waals surface area contributed by atoms with Gasteiger partial charge in [-0.15, -0.1) is 0 Å². The average molecular weight is 344 g/mol. The summed E-state index contributed by atoms with van der Waals surface area (Å²) in [4.78, 5) is 20.6. The lowest BCUT2D eigenvalue weighted by atomic mass is 10.0. The van der Waals surface area contributed by atoms with E-state index in [1.807, 2.05) is 6.07 Å². The number of nitrogens with one attached hydrogen (secondary N) is 2. The Morgan fingerprint density at radius 3 is 2.68 bits per heavy atom. The number of aromatic nitrogens is 2. The van der Waals surface area contributed by atoms with E-state index in [1.54, 1.807) is 26.3 Å². The molecule has 1 unspecified atom stereocenters. The van der Waals surface area contributed by atoms with Crippen LogP contribution in [0.4, 0.5) is 9.18 Å². The van der Waals surface area contributed by atoms with E-state index < -0.39 is 11.9 Å². The average Bonchev–Trinajstić information content (AvgIpc) is 3.45. The van der Waals surface area contributed by atoms with Gasteiger partial charge in [-0.1, -0.05) is 6.07 Å². The van der Waals surface area contributed by atoms with E-state index in [0.717, 1.165) is 18.4 Å². The van der Waals surface area contributed by atoms with Gasteiger partial charge >= 0.3 is 6.03 Å². The fourth-order valence-electron chi connectivity index (χ4n) is 2.76. The lowest BCUT2D eigenvalue weighted by molar-refractivity contribution is 0.232. The van der Waals surface area contributed by atoms with Gasteiger partial charge in [-0.25, -0.2) is 14.2 Å². The first-order valence-electron chi connectivity index (χ1n) is 8.26. The normalized spacial score (nSPS) is 16.0. The summed E-state index contributed by atoms with van der Waals surface area (Å²) in [6.07, 6.45) is 5.33. The SMILES string of the molecule is COc1ccc(C(NC(=O)N[C@@H](C)c2ncccc2F)C2CC2)cn1. The van der Waals surface area contributed by atoms with E-state index in [9.17, 15) is 9.18 Å². The molecule has 2 atom stereocenters. The first-order chi connectivity index (χ1) is 12.1. The molecule has 0 spiro atoms. The topological polar surface area (TPSA) is 76.1 Å². The highest BCUT2D eigenvalue weighted by atomic mass is 19.1. The van der Waals surface area contributed by atoms with Gasteiger partial charge < -0.3 is 15.4 Å². The van der Waals surface area contributed by atoms with Crippen molar-refractivity contribution in [2.24, 2.45) is 5.92 Å². The zero-order chi connectivity index (χ0) is 17.8. The van der Waals surface area contributed by atoms with Gasteiger partial charge in [0.2, 0.25) is 5.88 Å². The molecule has 1 aliphatic carbocycles. The molecule has 6 nitrogen and oxygen atoms in total. The predicted octanol–water partition coefficient (Wildman–Crippen LogP) is 3.14. The molecule has 0 bridgehead atoms. The summed E-state index contributed by atoms with van der Waals surface area (Å²) in [6.45, 7) is 1.70. The second kappa shape index (κ2) is 7.46. The summed E-state index contributed by atoms with van der Waals surface area (Å²) in [7, 11) is 1.56. The van der Waals surface area contributed by atoms with Crippen LogP contribution >= 0.6 is 0 Å². The second-order valence-electron chi connectivity index (χ2n) is 6.16. The Balaban J connectivity index is 1.66. The molecule has 1 saturated carbocycles. The van der Waals surface area contributed by atoms with Gasteiger partial charge in [-0.05, 0) is 43.4 Å². The summed E-state index contributed by atoms with van der Waals surface area (Å²) in [5.41, 5.74) is 1.14. The van der Waals surface area contributed by atoms with E-state index in [0.29, 0.717) is 11.8 Å². The maximum atomic E-state index is 13.8. The standard InChI is InChI=1S/C18H21FN4O2/c1-11(16-14(19)4-3-9-20-16)22-18(24)23-17(12-5-6-12)13-7-8-15(25-2)21-10-13/h3-4,7-12,17H,5-6H2,1-2H3,(H2,22,23,24)/t11-,17?/m0/s1. The van der Waals surface area contributed by atoms with Gasteiger partial charge in [0.15, 0.2) is 0 Å². The van der Waals surface area contributed by atoms with Crippen molar-refractivity contribution >= 4 is 6.03 Å². The van der Waals surface area contributed by atoms with Crippen molar-refractivity contribution in [2.75, 3.05) is 7.11 Å². The third-order valence-corrected chi connectivity index (χ3v) is 4.25. The van der Waals surface area contributed by atoms with Crippen molar-refractivity contribution in [3.05, 3.63) is 53.7 Å². The molecule has 2 N–H and O–H groups in total. The molecule has 132 valence electrons. The Bertz CT molecular complexity index is 734. The van der Waals surface area contributed by atoms with Crippen LogP contribution in [-0.2, 0) is 0 Å². The molecule has 0 aromatic carbocycles. The van der Waals surface area contributed by atoms with E-state index in [-0.39, 0.29) is 17.8 Å². The molecule has 25 heavy (non-hydrogen) atoms. The first-order valence-corrected chi connectivity index (χ1v) is 8.26. The zero-order valence-corrected chi connectivity index (χ0v) is 14.2. The number of pyridine rings is 2. The van der Waals surface area contributed by atoms with Crippen LogP contribution in [0.25, 0.3) is 0 Å². The Kier molecular flexibility index (Phi) is 5.11. The number of nitrogens with zero attached hydrogens (tertiary/aromatic N) is 2. The highest BCUT2D eigenvalue weighted by Gasteiger charge is 2.34. The molecule has 1 fully saturated rings. The summed E-state index contributed by atoms with van der Waals surface area (Å²) < 4.78 is 18.8. The predicted molar refractivity (Wildman–Crippen MR) is 90.5 cm³/mol. The zero-order valence-electron chi connectivity index (χ0n) is 14.2. The van der Waals surface area contributed by atoms with Crippen LogP contribution in [0.2, 0.25) is 0 Å². The molecule has 2 amide bonds. The Morgan fingerprint density at radius 2 is 2.08 bits per heavy atom. The molecule has 7 heteroatoms. The molecule has 0 aliphatic heterocycles. The number of hydrogen-bond donors (Lipinski definition) is 2. The van der Waals surface area contributed by atoms with Crippen molar-refractivity contribution in [2.45, 2.75) is 31.8 Å². The monoisotopic (exact) mass is 344 g/mol. The van der Waals surface area contributed by atoms with Gasteiger partial charge in [-0.2, -0.15) is 0 Å². The number of halogens is 1. The molecule has 3 rings (SSSR count). The lowest BCUT2D eigenvalue weighted by Gasteiger charge is -2.21. The van der Waals surface area contributed by atoms with Crippen LogP contribution in [0.15, 0.2) is 36.7 Å². The fraction of sp³-hybridized carbons (Fsp3) is 0.389. The van der Waals surface area contributed by atoms with Crippen molar-refractivity contribution in [1.82, 2.24) is 20.6 Å². The van der Waals surface area contributed by atoms with Crippen LogP contribution in [0.1, 0.15) is 43.1 Å². The van der Waals surface area contributed by atoms with Gasteiger partial charge in [0.25, 0.3) is 0 Å². The Hall–Kier alpha value is -2.70. The quantitative estimate of drug-likeness (QED) is 0.844. The van der Waals surface area contributed by atoms with Crippen molar-refractivity contribution < 1.29 is 13.9 Å². The molecule has 0 saturated heterocycles. The van der Waals surface area contributed by atoms with Crippen LogP contribution in [0.3, 0.4) is 0 Å². The van der Waals surface area contributed by atoms with Crippen LogP contribution in [0.5, 0.6) is 5.88 Å². The number of methoxy groups -OCH3 is 1. The fourth-order valence-corrected chi connectivity index (χ4v) is 2.76. The van der Waals surface area contributed by atoms with Gasteiger partial charge in [0.1, 0.15) is 5.82 Å². The summed E-state index contributed by atoms with van der Waals surface area (Å²) in [5, 5.41) is 5.72. The Morgan fingerprint density at radius 1 is 1.28 bits per heavy atom. The third kappa shape index (κ3) is 4.23. The Labute approximate surface area is 145 Å². The highest BCUT2D eigenvalue weighted by Crippen LogP contribution is 2.41. The van der Waals surface area contributed by atoms with E-state index in [4.69, 9.17) is 4.74 Å². The number of carbonyl (C=O) groups excluding carboxylic acids is 1. The largest absolute Gasteiger partial charge is 0.481 e. The lowest BCUT2D eigenvalue weighted by Crippen LogP contribution is -2.40. The number of rotatable bonds is 6. The van der Waals surface area contributed by atoms with E-state index >= 15 is 0 Å². The highest BCUT2D eigenvalue weighted by molar-refractivity contribution is 5.75. The smallest absolute Gasteiger partial charge is 0.315 e. The second-order valence-corrected chi connectivity index (χ2v) is 6.16. The summed E-state index contributed by atoms with van der Waals surface area (Å²) >= 11 is 0. The minimum absolute atomic E-state index is 0.126. The number of urea groups is 1. The van der Waals surface area contributed by atoms with E-state index in [1.165, 1.54) is 18.3 Å². The van der Waals surface area contributed by atoms with E-state index in [2.05, 4.69) is 20.6 Å². The van der Waals surface area contributed by atoms with Crippen LogP contribution in [-0.4, -0.2) is 23.1 Å².